The molecule has 7 rings (SSSR count). The van der Waals surface area contributed by atoms with Gasteiger partial charge in [0.25, 0.3) is 0 Å². The first-order chi connectivity index (χ1) is 20.9. The van der Waals surface area contributed by atoms with Gasteiger partial charge in [0.2, 0.25) is 11.4 Å². The van der Waals surface area contributed by atoms with Crippen molar-refractivity contribution in [2.24, 2.45) is 0 Å². The van der Waals surface area contributed by atoms with E-state index in [1.807, 2.05) is 15.5 Å². The monoisotopic (exact) mass is 599 g/mol. The Morgan fingerprint density at radius 1 is 1.09 bits per heavy atom. The summed E-state index contributed by atoms with van der Waals surface area (Å²) in [5.41, 5.74) is 3.00. The van der Waals surface area contributed by atoms with E-state index in [0.29, 0.717) is 76.6 Å². The van der Waals surface area contributed by atoms with Crippen LogP contribution in [0.4, 0.5) is 17.5 Å². The molecular weight excluding hydrogens is 570 g/mol. The molecule has 0 spiro atoms. The number of anilines is 3. The molecule has 5 aromatic rings. The number of morpholine rings is 1. The molecule has 1 aromatic carbocycles. The molecule has 5 heterocycles. The fourth-order valence-electron chi connectivity index (χ4n) is 6.09. The van der Waals surface area contributed by atoms with Gasteiger partial charge in [0.05, 0.1) is 24.5 Å². The fourth-order valence-corrected chi connectivity index (χ4v) is 6.99. The first kappa shape index (κ1) is 27.3. The molecule has 1 aliphatic carbocycles. The van der Waals surface area contributed by atoms with E-state index in [-0.39, 0.29) is 22.8 Å². The third-order valence-electron chi connectivity index (χ3n) is 8.18. The molecule has 2 N–H and O–H groups in total. The standard InChI is InChI=1S/C31H29N5O6S/c1-17(37)24-12-18-15-32-31(34-29(18)36(24)20-4-2-3-5-20)33-19-6-7-21(22(13-19)30(39)40)23-16-43-28-25(38)14-26(42-27(23)28)35-8-10-41-11-9-35/h6-7,12-16,20H,2-5,8-11H2,1H3,(H,39,40)(H,32,33,34). The predicted octanol–water partition coefficient (Wildman–Crippen LogP) is 5.86. The summed E-state index contributed by atoms with van der Waals surface area (Å²) in [6.07, 6.45) is 5.89. The number of hydrogen-bond acceptors (Lipinski definition) is 10. The summed E-state index contributed by atoms with van der Waals surface area (Å²) >= 11 is 1.23. The molecule has 0 amide bonds. The van der Waals surface area contributed by atoms with E-state index in [9.17, 15) is 19.5 Å². The first-order valence-corrected chi connectivity index (χ1v) is 15.2. The number of aromatic nitrogens is 3. The second-order valence-electron chi connectivity index (χ2n) is 10.9. The van der Waals surface area contributed by atoms with Gasteiger partial charge >= 0.3 is 5.97 Å². The highest BCUT2D eigenvalue weighted by atomic mass is 32.1. The van der Waals surface area contributed by atoms with Crippen LogP contribution in [-0.4, -0.2) is 57.7 Å². The number of fused-ring (bicyclic) bond motifs is 2. The largest absolute Gasteiger partial charge is 0.478 e. The molecular formula is C31H29N5O6S. The fraction of sp³-hybridized carbons (Fsp3) is 0.323. The maximum absolute atomic E-state index is 12.9. The van der Waals surface area contributed by atoms with E-state index in [1.165, 1.54) is 23.5 Å². The third-order valence-corrected chi connectivity index (χ3v) is 9.15. The summed E-state index contributed by atoms with van der Waals surface area (Å²) < 4.78 is 14.1. The number of hydrogen-bond donors (Lipinski definition) is 2. The minimum Gasteiger partial charge on any atom is -0.478 e. The molecule has 2 aliphatic rings. The SMILES string of the molecule is CC(=O)c1cc2cnc(Nc3ccc(-c4csc5c(=O)cc(N6CCOCC6)oc45)c(C(=O)O)c3)nc2n1C1CCCC1. The van der Waals surface area contributed by atoms with Gasteiger partial charge in [0.15, 0.2) is 17.3 Å². The molecule has 43 heavy (non-hydrogen) atoms. The highest BCUT2D eigenvalue weighted by molar-refractivity contribution is 7.17. The maximum Gasteiger partial charge on any atom is 0.336 e. The van der Waals surface area contributed by atoms with Gasteiger partial charge in [-0.05, 0) is 31.0 Å². The van der Waals surface area contributed by atoms with Crippen LogP contribution in [0.25, 0.3) is 32.4 Å². The zero-order chi connectivity index (χ0) is 29.7. The van der Waals surface area contributed by atoms with Crippen LogP contribution in [0.1, 0.15) is 59.5 Å². The number of carboxylic acid groups (broad SMARTS) is 1. The molecule has 4 aromatic heterocycles. The number of ketones is 1. The van der Waals surface area contributed by atoms with Crippen LogP contribution in [0, 0.1) is 0 Å². The molecule has 0 unspecified atom stereocenters. The number of aromatic carboxylic acids is 1. The number of nitrogens with one attached hydrogen (secondary N) is 1. The quantitative estimate of drug-likeness (QED) is 0.219. The first-order valence-electron chi connectivity index (χ1n) is 14.3. The van der Waals surface area contributed by atoms with Gasteiger partial charge in [0, 0.05) is 65.9 Å². The number of nitrogens with zero attached hydrogens (tertiary/aromatic N) is 4. The van der Waals surface area contributed by atoms with E-state index < -0.39 is 5.97 Å². The summed E-state index contributed by atoms with van der Waals surface area (Å²) in [6, 6.07) is 8.50. The van der Waals surface area contributed by atoms with E-state index >= 15 is 0 Å². The smallest absolute Gasteiger partial charge is 0.336 e. The molecule has 0 atom stereocenters. The molecule has 220 valence electrons. The van der Waals surface area contributed by atoms with Gasteiger partial charge in [0.1, 0.15) is 10.3 Å². The van der Waals surface area contributed by atoms with Crippen LogP contribution in [0.15, 0.2) is 51.1 Å². The third kappa shape index (κ3) is 4.96. The zero-order valence-corrected chi connectivity index (χ0v) is 24.3. The Balaban J connectivity index is 1.25. The Morgan fingerprint density at radius 3 is 2.63 bits per heavy atom. The number of carboxylic acids is 1. The van der Waals surface area contributed by atoms with Crippen molar-refractivity contribution in [3.8, 4) is 11.1 Å². The number of benzene rings is 1. The minimum absolute atomic E-state index is 0.0186. The van der Waals surface area contributed by atoms with Crippen LogP contribution in [0.3, 0.4) is 0 Å². The number of carbonyl (C=O) groups is 2. The number of Topliss-reactive ketones (excluding diaryl/α,β-unsaturated/α-hetero) is 1. The van der Waals surface area contributed by atoms with Gasteiger partial charge in [-0.2, -0.15) is 4.98 Å². The van der Waals surface area contributed by atoms with Crippen molar-refractivity contribution >= 4 is 61.9 Å². The lowest BCUT2D eigenvalue weighted by Gasteiger charge is -2.27. The average Bonchev–Trinajstić information content (AvgIpc) is 3.76. The van der Waals surface area contributed by atoms with Crippen LogP contribution >= 0.6 is 11.3 Å². The molecule has 1 aliphatic heterocycles. The zero-order valence-electron chi connectivity index (χ0n) is 23.5. The minimum atomic E-state index is -1.12. The second-order valence-corrected chi connectivity index (χ2v) is 11.8. The number of ether oxygens (including phenoxy) is 1. The molecule has 0 radical (unpaired) electrons. The predicted molar refractivity (Wildman–Crippen MR) is 164 cm³/mol. The average molecular weight is 600 g/mol. The van der Waals surface area contributed by atoms with Gasteiger partial charge in [-0.3, -0.25) is 9.59 Å². The number of rotatable bonds is 7. The van der Waals surface area contributed by atoms with Crippen molar-refractivity contribution < 1.29 is 23.8 Å². The molecule has 1 saturated heterocycles. The Bertz CT molecular complexity index is 1950. The lowest BCUT2D eigenvalue weighted by Crippen LogP contribution is -2.36. The summed E-state index contributed by atoms with van der Waals surface area (Å²) in [6.45, 7) is 3.84. The van der Waals surface area contributed by atoms with Gasteiger partial charge < -0.3 is 29.0 Å². The van der Waals surface area contributed by atoms with Gasteiger partial charge in [-0.15, -0.1) is 11.3 Å². The normalized spacial score (nSPS) is 15.9. The Morgan fingerprint density at radius 2 is 1.88 bits per heavy atom. The molecule has 0 bridgehead atoms. The van der Waals surface area contributed by atoms with E-state index in [1.54, 1.807) is 30.6 Å². The van der Waals surface area contributed by atoms with Gasteiger partial charge in [-0.1, -0.05) is 18.9 Å². The maximum atomic E-state index is 12.9. The van der Waals surface area contributed by atoms with Gasteiger partial charge in [-0.25, -0.2) is 9.78 Å². The summed E-state index contributed by atoms with van der Waals surface area (Å²) in [4.78, 5) is 49.0. The van der Waals surface area contributed by atoms with Crippen molar-refractivity contribution in [2.45, 2.75) is 38.6 Å². The van der Waals surface area contributed by atoms with Crippen LogP contribution in [-0.2, 0) is 4.74 Å². The highest BCUT2D eigenvalue weighted by Crippen LogP contribution is 2.38. The molecule has 12 heteroatoms. The Hall–Kier alpha value is -4.55. The van der Waals surface area contributed by atoms with E-state index in [4.69, 9.17) is 14.1 Å². The topological polar surface area (TPSA) is 140 Å². The van der Waals surface area contributed by atoms with Crippen molar-refractivity contribution in [3.05, 3.63) is 63.4 Å². The molecule has 2 fully saturated rings. The molecule has 11 nitrogen and oxygen atoms in total. The Labute approximate surface area is 249 Å². The molecule has 1 saturated carbocycles. The van der Waals surface area contributed by atoms with Crippen molar-refractivity contribution in [1.29, 1.82) is 0 Å². The van der Waals surface area contributed by atoms with E-state index in [0.717, 1.165) is 31.1 Å². The van der Waals surface area contributed by atoms with Crippen molar-refractivity contribution in [1.82, 2.24) is 14.5 Å². The van der Waals surface area contributed by atoms with Crippen molar-refractivity contribution in [2.75, 3.05) is 36.5 Å². The number of thiophene rings is 1. The lowest BCUT2D eigenvalue weighted by atomic mass is 10.0. The summed E-state index contributed by atoms with van der Waals surface area (Å²) in [5, 5.41) is 15.9. The van der Waals surface area contributed by atoms with E-state index in [2.05, 4.69) is 10.3 Å². The summed E-state index contributed by atoms with van der Waals surface area (Å²) in [5.74, 6) is -0.401. The highest BCUT2D eigenvalue weighted by Gasteiger charge is 2.25. The second kappa shape index (κ2) is 10.9. The van der Waals surface area contributed by atoms with Crippen LogP contribution in [0.2, 0.25) is 0 Å². The van der Waals surface area contributed by atoms with Crippen LogP contribution in [0.5, 0.6) is 0 Å². The number of carbonyl (C=O) groups excluding carboxylic acids is 1. The van der Waals surface area contributed by atoms with Crippen LogP contribution < -0.4 is 15.6 Å². The lowest BCUT2D eigenvalue weighted by molar-refractivity contribution is 0.0697. The summed E-state index contributed by atoms with van der Waals surface area (Å²) in [7, 11) is 0. The van der Waals surface area contributed by atoms with Crippen molar-refractivity contribution in [3.63, 3.8) is 0 Å². The Kier molecular flexibility index (Phi) is 6.94.